The van der Waals surface area contributed by atoms with Gasteiger partial charge in [0.2, 0.25) is 0 Å². The van der Waals surface area contributed by atoms with Gasteiger partial charge in [0.25, 0.3) is 0 Å². The lowest BCUT2D eigenvalue weighted by molar-refractivity contribution is 0.542. The molecular formula is C11H12N2OS. The average Bonchev–Trinajstić information content (AvgIpc) is 2.93. The van der Waals surface area contributed by atoms with Gasteiger partial charge in [0.1, 0.15) is 0 Å². The quantitative estimate of drug-likeness (QED) is 0.572. The minimum absolute atomic E-state index is 0.498. The van der Waals surface area contributed by atoms with Crippen LogP contribution in [0.3, 0.4) is 0 Å². The highest BCUT2D eigenvalue weighted by Gasteiger charge is 2.57. The van der Waals surface area contributed by atoms with Gasteiger partial charge in [0.05, 0.1) is 12.6 Å². The molecule has 1 aromatic rings. The van der Waals surface area contributed by atoms with Gasteiger partial charge in [-0.2, -0.15) is 5.26 Å². The SMILES string of the molecule is CC1(C#N)CN1[S+]([O-])Cc1ccccc1. The van der Waals surface area contributed by atoms with E-state index in [0.717, 1.165) is 5.56 Å². The Kier molecular flexibility index (Phi) is 2.70. The van der Waals surface area contributed by atoms with Crippen LogP contribution >= 0.6 is 0 Å². The van der Waals surface area contributed by atoms with Crippen molar-refractivity contribution in [1.29, 1.82) is 5.26 Å². The predicted octanol–water partition coefficient (Wildman–Crippen LogP) is 1.45. The van der Waals surface area contributed by atoms with Crippen LogP contribution in [0.2, 0.25) is 0 Å². The van der Waals surface area contributed by atoms with Gasteiger partial charge in [-0.25, -0.2) is 0 Å². The first kappa shape index (κ1) is 10.5. The third-order valence-corrected chi connectivity index (χ3v) is 4.12. The molecule has 1 aliphatic heterocycles. The third-order valence-electron chi connectivity index (χ3n) is 2.52. The maximum atomic E-state index is 11.8. The zero-order valence-corrected chi connectivity index (χ0v) is 9.33. The van der Waals surface area contributed by atoms with Crippen molar-refractivity contribution in [3.63, 3.8) is 0 Å². The fourth-order valence-electron chi connectivity index (χ4n) is 1.43. The summed E-state index contributed by atoms with van der Waals surface area (Å²) in [6.45, 7) is 2.43. The highest BCUT2D eigenvalue weighted by molar-refractivity contribution is 7.88. The minimum Gasteiger partial charge on any atom is -0.598 e. The predicted molar refractivity (Wildman–Crippen MR) is 59.0 cm³/mol. The number of nitriles is 1. The van der Waals surface area contributed by atoms with Crippen molar-refractivity contribution in [2.45, 2.75) is 18.2 Å². The summed E-state index contributed by atoms with van der Waals surface area (Å²) in [6.07, 6.45) is 0. The molecule has 3 atom stereocenters. The first-order valence-electron chi connectivity index (χ1n) is 4.77. The molecule has 0 N–H and O–H groups in total. The third kappa shape index (κ3) is 2.15. The first-order valence-corrected chi connectivity index (χ1v) is 6.04. The number of hydrogen-bond donors (Lipinski definition) is 0. The summed E-state index contributed by atoms with van der Waals surface area (Å²) in [5.41, 5.74) is 0.544. The van der Waals surface area contributed by atoms with Gasteiger partial charge in [-0.1, -0.05) is 30.3 Å². The summed E-state index contributed by atoms with van der Waals surface area (Å²) in [6, 6.07) is 11.9. The van der Waals surface area contributed by atoms with Crippen molar-refractivity contribution < 1.29 is 4.55 Å². The van der Waals surface area contributed by atoms with E-state index < -0.39 is 16.9 Å². The molecule has 0 bridgehead atoms. The standard InChI is InChI=1S/C11H12N2OS/c1-11(8-12)9-13(11)15(14)7-10-5-3-2-4-6-10/h2-6H,7,9H2,1H3. The van der Waals surface area contributed by atoms with Crippen molar-refractivity contribution in [2.24, 2.45) is 0 Å². The zero-order chi connectivity index (χ0) is 10.9. The van der Waals surface area contributed by atoms with E-state index in [1.807, 2.05) is 37.3 Å². The van der Waals surface area contributed by atoms with Gasteiger partial charge in [0.15, 0.2) is 11.3 Å². The van der Waals surface area contributed by atoms with E-state index in [0.29, 0.717) is 12.3 Å². The molecule has 78 valence electrons. The summed E-state index contributed by atoms with van der Waals surface area (Å²) >= 11 is -1.07. The van der Waals surface area contributed by atoms with Crippen LogP contribution in [0.4, 0.5) is 0 Å². The summed E-state index contributed by atoms with van der Waals surface area (Å²) in [5, 5.41) is 8.82. The van der Waals surface area contributed by atoms with Gasteiger partial charge in [-0.3, -0.25) is 0 Å². The van der Waals surface area contributed by atoms with E-state index in [1.165, 1.54) is 0 Å². The van der Waals surface area contributed by atoms with Crippen LogP contribution < -0.4 is 0 Å². The average molecular weight is 220 g/mol. The molecule has 0 aromatic heterocycles. The van der Waals surface area contributed by atoms with Crippen molar-refractivity contribution in [1.82, 2.24) is 4.31 Å². The van der Waals surface area contributed by atoms with E-state index in [-0.39, 0.29) is 0 Å². The van der Waals surface area contributed by atoms with Gasteiger partial charge < -0.3 is 4.55 Å². The molecule has 1 saturated heterocycles. The molecule has 1 aliphatic rings. The number of benzene rings is 1. The molecule has 4 heteroatoms. The Labute approximate surface area is 92.6 Å². The normalized spacial score (nSPS) is 30.6. The molecule has 0 aliphatic carbocycles. The molecule has 1 heterocycles. The molecule has 1 aromatic carbocycles. The van der Waals surface area contributed by atoms with E-state index in [4.69, 9.17) is 5.26 Å². The second-order valence-electron chi connectivity index (χ2n) is 3.87. The minimum atomic E-state index is -1.07. The molecule has 0 radical (unpaired) electrons. The Morgan fingerprint density at radius 2 is 2.20 bits per heavy atom. The number of nitrogens with zero attached hydrogens (tertiary/aromatic N) is 2. The fraction of sp³-hybridized carbons (Fsp3) is 0.364. The summed E-state index contributed by atoms with van der Waals surface area (Å²) in [7, 11) is 0. The molecule has 0 saturated carbocycles. The highest BCUT2D eigenvalue weighted by Crippen LogP contribution is 2.35. The monoisotopic (exact) mass is 220 g/mol. The first-order chi connectivity index (χ1) is 7.15. The molecular weight excluding hydrogens is 208 g/mol. The van der Waals surface area contributed by atoms with Crippen molar-refractivity contribution in [3.8, 4) is 6.07 Å². The Morgan fingerprint density at radius 1 is 1.53 bits per heavy atom. The Bertz CT molecular complexity index is 389. The van der Waals surface area contributed by atoms with Crippen LogP contribution in [0.25, 0.3) is 0 Å². The topological polar surface area (TPSA) is 49.9 Å². The molecule has 15 heavy (non-hydrogen) atoms. The highest BCUT2D eigenvalue weighted by atomic mass is 32.2. The van der Waals surface area contributed by atoms with Crippen LogP contribution in [0.5, 0.6) is 0 Å². The molecule has 2 rings (SSSR count). The fourth-order valence-corrected chi connectivity index (χ4v) is 2.95. The van der Waals surface area contributed by atoms with Gasteiger partial charge in [-0.05, 0) is 6.92 Å². The van der Waals surface area contributed by atoms with E-state index in [9.17, 15) is 4.55 Å². The largest absolute Gasteiger partial charge is 0.598 e. The molecule has 0 spiro atoms. The Balaban J connectivity index is 1.96. The summed E-state index contributed by atoms with van der Waals surface area (Å²) in [4.78, 5) is 0. The van der Waals surface area contributed by atoms with Crippen molar-refractivity contribution in [3.05, 3.63) is 35.9 Å². The van der Waals surface area contributed by atoms with Crippen LogP contribution in [0, 0.1) is 11.3 Å². The molecule has 1 fully saturated rings. The van der Waals surface area contributed by atoms with Gasteiger partial charge in [0, 0.05) is 16.9 Å². The lowest BCUT2D eigenvalue weighted by Crippen LogP contribution is -2.21. The van der Waals surface area contributed by atoms with Crippen molar-refractivity contribution >= 4 is 11.4 Å². The van der Waals surface area contributed by atoms with Crippen LogP contribution in [0.15, 0.2) is 30.3 Å². The summed E-state index contributed by atoms with van der Waals surface area (Å²) < 4.78 is 13.6. The van der Waals surface area contributed by atoms with E-state index in [1.54, 1.807) is 4.31 Å². The number of rotatable bonds is 3. The maximum absolute atomic E-state index is 11.8. The lowest BCUT2D eigenvalue weighted by atomic mass is 10.2. The van der Waals surface area contributed by atoms with E-state index in [2.05, 4.69) is 6.07 Å². The molecule has 3 unspecified atom stereocenters. The lowest BCUT2D eigenvalue weighted by Gasteiger charge is -2.11. The molecule has 0 amide bonds. The maximum Gasteiger partial charge on any atom is 0.166 e. The van der Waals surface area contributed by atoms with Crippen molar-refractivity contribution in [2.75, 3.05) is 6.54 Å². The smallest absolute Gasteiger partial charge is 0.166 e. The van der Waals surface area contributed by atoms with Crippen LogP contribution in [0.1, 0.15) is 12.5 Å². The number of hydrogen-bond acceptors (Lipinski definition) is 3. The second kappa shape index (κ2) is 3.86. The van der Waals surface area contributed by atoms with Crippen LogP contribution in [-0.2, 0) is 17.1 Å². The Morgan fingerprint density at radius 3 is 2.73 bits per heavy atom. The van der Waals surface area contributed by atoms with E-state index >= 15 is 0 Å². The Hall–Kier alpha value is -1.02. The zero-order valence-electron chi connectivity index (χ0n) is 8.51. The van der Waals surface area contributed by atoms with Crippen LogP contribution in [-0.4, -0.2) is 20.9 Å². The van der Waals surface area contributed by atoms with Gasteiger partial charge >= 0.3 is 0 Å². The second-order valence-corrected chi connectivity index (χ2v) is 5.25. The molecule has 3 nitrogen and oxygen atoms in total. The summed E-state index contributed by atoms with van der Waals surface area (Å²) in [5.74, 6) is 0.498. The van der Waals surface area contributed by atoms with Gasteiger partial charge in [-0.15, -0.1) is 4.31 Å².